The van der Waals surface area contributed by atoms with Gasteiger partial charge in [0.05, 0.1) is 39.2 Å². The zero-order valence-corrected chi connectivity index (χ0v) is 19.2. The Kier molecular flexibility index (Phi) is 5.65. The van der Waals surface area contributed by atoms with Gasteiger partial charge in [0.15, 0.2) is 0 Å². The van der Waals surface area contributed by atoms with E-state index in [4.69, 9.17) is 9.73 Å². The fourth-order valence-electron chi connectivity index (χ4n) is 4.36. The molecule has 0 saturated heterocycles. The first kappa shape index (κ1) is 23.3. The number of methoxy groups -OCH3 is 1. The molecule has 11 heteroatoms. The van der Waals surface area contributed by atoms with Crippen molar-refractivity contribution < 1.29 is 19.5 Å². The standard InChI is InChI=1S/C26H16N4O7/c1-37-24-10-7-16(15-5-3-2-4-6-15)11-22(24)27-26-20-12-17(28(31)32)8-9-19(20)25-21(26)13-18(29(33)34)14-23(25)30(35)36/h2-14H,1H3. The number of hydrogen-bond donors (Lipinski definition) is 0. The van der Waals surface area contributed by atoms with Gasteiger partial charge in [-0.15, -0.1) is 0 Å². The van der Waals surface area contributed by atoms with E-state index in [1.165, 1.54) is 31.4 Å². The fourth-order valence-corrected chi connectivity index (χ4v) is 4.36. The number of nitro groups is 3. The Morgan fingerprint density at radius 2 is 1.38 bits per heavy atom. The van der Waals surface area contributed by atoms with Crippen molar-refractivity contribution in [3.05, 3.63) is 120 Å². The first-order valence-electron chi connectivity index (χ1n) is 10.9. The summed E-state index contributed by atoms with van der Waals surface area (Å²) in [7, 11) is 1.46. The minimum Gasteiger partial charge on any atom is -0.494 e. The largest absolute Gasteiger partial charge is 0.494 e. The van der Waals surface area contributed by atoms with E-state index >= 15 is 0 Å². The second-order valence-electron chi connectivity index (χ2n) is 8.10. The van der Waals surface area contributed by atoms with Crippen LogP contribution in [0.5, 0.6) is 5.75 Å². The third-order valence-corrected chi connectivity index (χ3v) is 6.02. The SMILES string of the molecule is COc1ccc(-c2ccccc2)cc1N=C1c2cc([N+](=O)[O-])ccc2-c2c1cc([N+](=O)[O-])cc2[N+](=O)[O-]. The third kappa shape index (κ3) is 4.04. The Labute approximate surface area is 208 Å². The van der Waals surface area contributed by atoms with Gasteiger partial charge in [-0.25, -0.2) is 4.99 Å². The zero-order chi connectivity index (χ0) is 26.3. The van der Waals surface area contributed by atoms with Crippen LogP contribution in [-0.2, 0) is 0 Å². The summed E-state index contributed by atoms with van der Waals surface area (Å²) >= 11 is 0. The minimum absolute atomic E-state index is 0.109. The van der Waals surface area contributed by atoms with Crippen molar-refractivity contribution in [1.29, 1.82) is 0 Å². The van der Waals surface area contributed by atoms with Gasteiger partial charge < -0.3 is 4.74 Å². The van der Waals surface area contributed by atoms with Gasteiger partial charge in [-0.2, -0.15) is 0 Å². The van der Waals surface area contributed by atoms with E-state index < -0.39 is 26.1 Å². The summed E-state index contributed by atoms with van der Waals surface area (Å²) in [5, 5.41) is 35.0. The van der Waals surface area contributed by atoms with E-state index in [1.807, 2.05) is 36.4 Å². The zero-order valence-electron chi connectivity index (χ0n) is 19.2. The first-order chi connectivity index (χ1) is 17.8. The first-order valence-corrected chi connectivity index (χ1v) is 10.9. The Balaban J connectivity index is 1.83. The van der Waals surface area contributed by atoms with Crippen LogP contribution in [0.15, 0.2) is 83.9 Å². The van der Waals surface area contributed by atoms with Crippen LogP contribution in [0.4, 0.5) is 22.7 Å². The summed E-state index contributed by atoms with van der Waals surface area (Å²) in [5.74, 6) is 0.382. The summed E-state index contributed by atoms with van der Waals surface area (Å²) in [6, 6.07) is 20.7. The van der Waals surface area contributed by atoms with Crippen molar-refractivity contribution in [2.45, 2.75) is 0 Å². The summed E-state index contributed by atoms with van der Waals surface area (Å²) in [6.07, 6.45) is 0. The molecule has 5 rings (SSSR count). The number of non-ortho nitro benzene ring substituents is 2. The second kappa shape index (κ2) is 8.96. The number of hydrogen-bond acceptors (Lipinski definition) is 8. The van der Waals surface area contributed by atoms with Crippen LogP contribution in [0, 0.1) is 30.3 Å². The van der Waals surface area contributed by atoms with Gasteiger partial charge in [0.25, 0.3) is 17.1 Å². The van der Waals surface area contributed by atoms with E-state index in [0.717, 1.165) is 17.2 Å². The lowest BCUT2D eigenvalue weighted by molar-refractivity contribution is -0.393. The van der Waals surface area contributed by atoms with Crippen LogP contribution >= 0.6 is 0 Å². The summed E-state index contributed by atoms with van der Waals surface area (Å²) in [4.78, 5) is 37.7. The van der Waals surface area contributed by atoms with Gasteiger partial charge in [-0.1, -0.05) is 36.4 Å². The average molecular weight is 496 g/mol. The third-order valence-electron chi connectivity index (χ3n) is 6.02. The van der Waals surface area contributed by atoms with Crippen molar-refractivity contribution in [3.63, 3.8) is 0 Å². The van der Waals surface area contributed by atoms with E-state index in [2.05, 4.69) is 0 Å². The topological polar surface area (TPSA) is 151 Å². The van der Waals surface area contributed by atoms with Crippen molar-refractivity contribution >= 4 is 28.5 Å². The molecule has 1 aliphatic carbocycles. The van der Waals surface area contributed by atoms with Crippen molar-refractivity contribution in [2.75, 3.05) is 7.11 Å². The highest BCUT2D eigenvalue weighted by molar-refractivity contribution is 6.27. The molecule has 0 bridgehead atoms. The number of benzene rings is 4. The number of rotatable bonds is 6. The monoisotopic (exact) mass is 496 g/mol. The van der Waals surface area contributed by atoms with Crippen molar-refractivity contribution in [2.24, 2.45) is 4.99 Å². The number of ether oxygens (including phenoxy) is 1. The van der Waals surface area contributed by atoms with Crippen LogP contribution in [-0.4, -0.2) is 27.6 Å². The molecular formula is C26H16N4O7. The molecule has 0 radical (unpaired) electrons. The van der Waals surface area contributed by atoms with Crippen LogP contribution in [0.3, 0.4) is 0 Å². The summed E-state index contributed by atoms with van der Waals surface area (Å²) in [5.41, 5.74) is 1.76. The molecule has 0 heterocycles. The van der Waals surface area contributed by atoms with E-state index in [-0.39, 0.29) is 28.1 Å². The van der Waals surface area contributed by atoms with Gasteiger partial charge in [-0.05, 0) is 34.9 Å². The molecule has 0 N–H and O–H groups in total. The van der Waals surface area contributed by atoms with Crippen molar-refractivity contribution in [3.8, 4) is 28.0 Å². The quantitative estimate of drug-likeness (QED) is 0.199. The lowest BCUT2D eigenvalue weighted by Crippen LogP contribution is -2.02. The molecule has 0 aromatic heterocycles. The molecule has 0 unspecified atom stereocenters. The van der Waals surface area contributed by atoms with Crippen LogP contribution in [0.1, 0.15) is 11.1 Å². The Bertz CT molecular complexity index is 1650. The van der Waals surface area contributed by atoms with Crippen molar-refractivity contribution in [1.82, 2.24) is 0 Å². The maximum Gasteiger partial charge on any atom is 0.284 e. The molecule has 11 nitrogen and oxygen atoms in total. The van der Waals surface area contributed by atoms with Crippen LogP contribution < -0.4 is 4.74 Å². The van der Waals surface area contributed by atoms with Gasteiger partial charge in [0.1, 0.15) is 11.4 Å². The maximum atomic E-state index is 11.9. The molecule has 0 saturated carbocycles. The highest BCUT2D eigenvalue weighted by Crippen LogP contribution is 2.47. The summed E-state index contributed by atoms with van der Waals surface area (Å²) in [6.45, 7) is 0. The van der Waals surface area contributed by atoms with Gasteiger partial charge >= 0.3 is 0 Å². The lowest BCUT2D eigenvalue weighted by Gasteiger charge is -2.10. The van der Waals surface area contributed by atoms with Gasteiger partial charge in [-0.3, -0.25) is 30.3 Å². The Morgan fingerprint density at radius 1 is 0.676 bits per heavy atom. The molecule has 0 aliphatic heterocycles. The minimum atomic E-state index is -0.729. The normalized spacial score (nSPS) is 12.6. The highest BCUT2D eigenvalue weighted by atomic mass is 16.6. The predicted molar refractivity (Wildman–Crippen MR) is 136 cm³/mol. The fraction of sp³-hybridized carbons (Fsp3) is 0.0385. The number of nitrogens with zero attached hydrogens (tertiary/aromatic N) is 4. The lowest BCUT2D eigenvalue weighted by atomic mass is 10.0. The second-order valence-corrected chi connectivity index (χ2v) is 8.10. The van der Waals surface area contributed by atoms with Gasteiger partial charge in [0, 0.05) is 29.3 Å². The van der Waals surface area contributed by atoms with Gasteiger partial charge in [0.2, 0.25) is 0 Å². The number of fused-ring (bicyclic) bond motifs is 3. The molecule has 1 aliphatic rings. The molecule has 182 valence electrons. The van der Waals surface area contributed by atoms with Crippen LogP contribution in [0.2, 0.25) is 0 Å². The number of nitro benzene ring substituents is 3. The average Bonchev–Trinajstić information content (AvgIpc) is 3.21. The smallest absolute Gasteiger partial charge is 0.284 e. The molecule has 0 amide bonds. The molecule has 37 heavy (non-hydrogen) atoms. The molecule has 4 aromatic carbocycles. The Hall–Kier alpha value is -5.45. The molecule has 0 spiro atoms. The van der Waals surface area contributed by atoms with E-state index in [9.17, 15) is 30.3 Å². The maximum absolute atomic E-state index is 11.9. The number of aliphatic imine (C=N–C) groups is 1. The predicted octanol–water partition coefficient (Wildman–Crippen LogP) is 6.24. The molecule has 0 fully saturated rings. The summed E-state index contributed by atoms with van der Waals surface area (Å²) < 4.78 is 5.48. The molecular weight excluding hydrogens is 480 g/mol. The van der Waals surface area contributed by atoms with E-state index in [1.54, 1.807) is 12.1 Å². The van der Waals surface area contributed by atoms with Crippen LogP contribution in [0.25, 0.3) is 22.3 Å². The molecule has 4 aromatic rings. The Morgan fingerprint density at radius 3 is 2.03 bits per heavy atom. The highest BCUT2D eigenvalue weighted by Gasteiger charge is 2.36. The van der Waals surface area contributed by atoms with E-state index in [0.29, 0.717) is 17.0 Å². The molecule has 0 atom stereocenters.